The highest BCUT2D eigenvalue weighted by Crippen LogP contribution is 2.15. The van der Waals surface area contributed by atoms with Gasteiger partial charge in [-0.15, -0.1) is 0 Å². The average Bonchev–Trinajstić information content (AvgIpc) is 2.04. The summed E-state index contributed by atoms with van der Waals surface area (Å²) in [5, 5.41) is 0. The van der Waals surface area contributed by atoms with Crippen molar-refractivity contribution in [2.75, 3.05) is 0 Å². The molecule has 0 saturated carbocycles. The van der Waals surface area contributed by atoms with Crippen LogP contribution >= 0.6 is 0 Å². The van der Waals surface area contributed by atoms with Crippen molar-refractivity contribution < 1.29 is 8.76 Å². The standard InChI is InChI=1S/C9H10O2S/c1-7-3-5-9(6-4-7)8(2)12(10)11/h3-6H,2H2,1H3,(H,10,11). The van der Waals surface area contributed by atoms with E-state index < -0.39 is 11.1 Å². The molecule has 2 nitrogen and oxygen atoms in total. The van der Waals surface area contributed by atoms with Crippen LogP contribution in [0, 0.1) is 6.92 Å². The predicted molar refractivity (Wildman–Crippen MR) is 51.0 cm³/mol. The Labute approximate surface area is 74.2 Å². The van der Waals surface area contributed by atoms with E-state index in [0.717, 1.165) is 5.56 Å². The van der Waals surface area contributed by atoms with Gasteiger partial charge in [-0.25, -0.2) is 4.21 Å². The Balaban J connectivity index is 2.98. The molecule has 0 radical (unpaired) electrons. The lowest BCUT2D eigenvalue weighted by atomic mass is 10.1. The lowest BCUT2D eigenvalue weighted by molar-refractivity contribution is 0.575. The summed E-state index contributed by atoms with van der Waals surface area (Å²) in [5.41, 5.74) is 1.83. The van der Waals surface area contributed by atoms with Gasteiger partial charge in [0.1, 0.15) is 0 Å². The molecule has 3 heteroatoms. The third kappa shape index (κ3) is 2.03. The molecule has 0 bridgehead atoms. The Morgan fingerprint density at radius 2 is 1.92 bits per heavy atom. The quantitative estimate of drug-likeness (QED) is 0.712. The van der Waals surface area contributed by atoms with E-state index in [0.29, 0.717) is 5.56 Å². The zero-order valence-electron chi connectivity index (χ0n) is 6.78. The largest absolute Gasteiger partial charge is 0.302 e. The van der Waals surface area contributed by atoms with Gasteiger partial charge in [-0.2, -0.15) is 0 Å². The maximum Gasteiger partial charge on any atom is 0.186 e. The number of rotatable bonds is 2. The fourth-order valence-electron chi connectivity index (χ4n) is 0.840. The maximum atomic E-state index is 10.6. The molecule has 12 heavy (non-hydrogen) atoms. The van der Waals surface area contributed by atoms with E-state index in [4.69, 9.17) is 4.55 Å². The zero-order valence-corrected chi connectivity index (χ0v) is 7.60. The molecule has 0 aliphatic heterocycles. The van der Waals surface area contributed by atoms with E-state index in [-0.39, 0.29) is 4.91 Å². The van der Waals surface area contributed by atoms with Gasteiger partial charge in [0, 0.05) is 0 Å². The van der Waals surface area contributed by atoms with Crippen molar-refractivity contribution in [2.45, 2.75) is 6.92 Å². The Bertz CT molecular complexity index is 314. The van der Waals surface area contributed by atoms with Gasteiger partial charge in [0.25, 0.3) is 0 Å². The summed E-state index contributed by atoms with van der Waals surface area (Å²) in [6.07, 6.45) is 0. The zero-order chi connectivity index (χ0) is 9.14. The van der Waals surface area contributed by atoms with E-state index in [1.54, 1.807) is 12.1 Å². The van der Waals surface area contributed by atoms with Gasteiger partial charge < -0.3 is 4.55 Å². The molecule has 0 fully saturated rings. The molecule has 1 N–H and O–H groups in total. The summed E-state index contributed by atoms with van der Waals surface area (Å²) < 4.78 is 19.3. The molecule has 1 atom stereocenters. The van der Waals surface area contributed by atoms with Gasteiger partial charge in [0.05, 0.1) is 4.91 Å². The predicted octanol–water partition coefficient (Wildman–Crippen LogP) is 2.19. The summed E-state index contributed by atoms with van der Waals surface area (Å²) in [6.45, 7) is 5.46. The fraction of sp³-hybridized carbons (Fsp3) is 0.111. The Morgan fingerprint density at radius 1 is 1.42 bits per heavy atom. The first-order chi connectivity index (χ1) is 5.61. The minimum Gasteiger partial charge on any atom is -0.302 e. The number of hydrogen-bond acceptors (Lipinski definition) is 1. The molecule has 1 aromatic carbocycles. The Kier molecular flexibility index (Phi) is 2.78. The minimum absolute atomic E-state index is 0.245. The van der Waals surface area contributed by atoms with Gasteiger partial charge >= 0.3 is 0 Å². The van der Waals surface area contributed by atoms with Crippen LogP contribution in [0.25, 0.3) is 4.91 Å². The second-order valence-electron chi connectivity index (χ2n) is 2.54. The molecule has 0 spiro atoms. The average molecular weight is 182 g/mol. The van der Waals surface area contributed by atoms with Crippen LogP contribution in [0.1, 0.15) is 11.1 Å². The van der Waals surface area contributed by atoms with E-state index in [2.05, 4.69) is 6.58 Å². The van der Waals surface area contributed by atoms with Crippen molar-refractivity contribution in [1.82, 2.24) is 0 Å². The molecule has 0 aliphatic carbocycles. The maximum absolute atomic E-state index is 10.6. The number of hydrogen-bond donors (Lipinski definition) is 1. The summed E-state index contributed by atoms with van der Waals surface area (Å²) in [7, 11) is 0. The molecular weight excluding hydrogens is 172 g/mol. The molecule has 0 aromatic heterocycles. The summed E-state index contributed by atoms with van der Waals surface area (Å²) in [5.74, 6) is 0. The topological polar surface area (TPSA) is 37.3 Å². The molecule has 0 heterocycles. The van der Waals surface area contributed by atoms with Crippen molar-refractivity contribution in [1.29, 1.82) is 0 Å². The molecule has 64 valence electrons. The first kappa shape index (κ1) is 9.16. The van der Waals surface area contributed by atoms with Crippen LogP contribution in [-0.4, -0.2) is 8.76 Å². The SMILES string of the molecule is C=C(c1ccc(C)cc1)S(=O)O. The molecule has 0 amide bonds. The van der Waals surface area contributed by atoms with Crippen LogP contribution in [-0.2, 0) is 11.1 Å². The van der Waals surface area contributed by atoms with Crippen molar-refractivity contribution in [3.05, 3.63) is 42.0 Å². The molecule has 0 saturated heterocycles. The van der Waals surface area contributed by atoms with Gasteiger partial charge in [0.15, 0.2) is 11.1 Å². The summed E-state index contributed by atoms with van der Waals surface area (Å²) >= 11 is -1.96. The van der Waals surface area contributed by atoms with Crippen LogP contribution in [0.4, 0.5) is 0 Å². The van der Waals surface area contributed by atoms with Crippen LogP contribution in [0.2, 0.25) is 0 Å². The van der Waals surface area contributed by atoms with E-state index >= 15 is 0 Å². The second kappa shape index (κ2) is 3.65. The molecule has 1 aromatic rings. The Hall–Kier alpha value is -0.930. The van der Waals surface area contributed by atoms with Crippen LogP contribution in [0.3, 0.4) is 0 Å². The van der Waals surface area contributed by atoms with E-state index in [1.807, 2.05) is 19.1 Å². The van der Waals surface area contributed by atoms with Crippen molar-refractivity contribution in [2.24, 2.45) is 0 Å². The first-order valence-electron chi connectivity index (χ1n) is 3.48. The van der Waals surface area contributed by atoms with Crippen molar-refractivity contribution in [3.63, 3.8) is 0 Å². The van der Waals surface area contributed by atoms with Crippen LogP contribution < -0.4 is 0 Å². The van der Waals surface area contributed by atoms with Gasteiger partial charge in [-0.05, 0) is 12.5 Å². The smallest absolute Gasteiger partial charge is 0.186 e. The number of benzene rings is 1. The molecular formula is C9H10O2S. The van der Waals surface area contributed by atoms with Gasteiger partial charge in [0.2, 0.25) is 0 Å². The third-order valence-electron chi connectivity index (χ3n) is 1.58. The lowest BCUT2D eigenvalue weighted by Crippen LogP contribution is -1.90. The van der Waals surface area contributed by atoms with Gasteiger partial charge in [-0.1, -0.05) is 36.4 Å². The monoisotopic (exact) mass is 182 g/mol. The highest BCUT2D eigenvalue weighted by atomic mass is 32.2. The number of aryl methyl sites for hydroxylation is 1. The van der Waals surface area contributed by atoms with E-state index in [9.17, 15) is 4.21 Å². The Morgan fingerprint density at radius 3 is 2.33 bits per heavy atom. The van der Waals surface area contributed by atoms with E-state index in [1.165, 1.54) is 0 Å². The third-order valence-corrected chi connectivity index (χ3v) is 2.24. The molecule has 1 rings (SSSR count). The highest BCUT2D eigenvalue weighted by molar-refractivity contribution is 7.89. The minimum atomic E-state index is -1.96. The molecule has 0 aliphatic rings. The second-order valence-corrected chi connectivity index (χ2v) is 3.53. The highest BCUT2D eigenvalue weighted by Gasteiger charge is 2.02. The van der Waals surface area contributed by atoms with Gasteiger partial charge in [-0.3, -0.25) is 0 Å². The lowest BCUT2D eigenvalue weighted by Gasteiger charge is -2.00. The van der Waals surface area contributed by atoms with Crippen LogP contribution in [0.5, 0.6) is 0 Å². The molecule has 1 unspecified atom stereocenters. The summed E-state index contributed by atoms with van der Waals surface area (Å²) in [4.78, 5) is 0.245. The van der Waals surface area contributed by atoms with Crippen molar-refractivity contribution in [3.8, 4) is 0 Å². The summed E-state index contributed by atoms with van der Waals surface area (Å²) in [6, 6.07) is 7.33. The fourth-order valence-corrected chi connectivity index (χ4v) is 1.18. The van der Waals surface area contributed by atoms with Crippen LogP contribution in [0.15, 0.2) is 30.8 Å². The normalized spacial score (nSPS) is 12.5. The first-order valence-corrected chi connectivity index (χ1v) is 4.59. The van der Waals surface area contributed by atoms with Crippen molar-refractivity contribution >= 4 is 16.0 Å².